The van der Waals surface area contributed by atoms with E-state index in [9.17, 15) is 0 Å². The number of carbonyl (C=O) groups excluding carboxylic acids is 1. The second-order valence-electron chi connectivity index (χ2n) is 16.6. The zero-order chi connectivity index (χ0) is 32.7. The summed E-state index contributed by atoms with van der Waals surface area (Å²) in [7, 11) is 0. The third kappa shape index (κ3) is 9.43. The molecule has 0 aromatic carbocycles. The predicted molar refractivity (Wildman–Crippen MR) is 195 cm³/mol. The van der Waals surface area contributed by atoms with Gasteiger partial charge in [-0.25, -0.2) is 0 Å². The fraction of sp³-hybridized carbons (Fsp3) is 0.977. The van der Waals surface area contributed by atoms with E-state index in [1.165, 1.54) is 141 Å². The van der Waals surface area contributed by atoms with Crippen molar-refractivity contribution in [3.63, 3.8) is 0 Å². The first-order valence-electron chi connectivity index (χ1n) is 21.3. The van der Waals surface area contributed by atoms with Gasteiger partial charge in [0.25, 0.3) is 0 Å². The van der Waals surface area contributed by atoms with E-state index in [0.29, 0.717) is 35.9 Å². The molecule has 0 saturated heterocycles. The zero-order valence-corrected chi connectivity index (χ0v) is 31.4. The monoisotopic (exact) mass is 643 g/mol. The van der Waals surface area contributed by atoms with Crippen LogP contribution >= 0.6 is 0 Å². The first kappa shape index (κ1) is 38.4. The number of carbonyl (C=O) groups is 1. The Bertz CT molecular complexity index is 698. The van der Waals surface area contributed by atoms with Crippen molar-refractivity contribution in [2.24, 2.45) is 34.5 Å². The lowest BCUT2D eigenvalue weighted by Crippen LogP contribution is -2.58. The molecule has 4 rings (SSSR count). The van der Waals surface area contributed by atoms with Crippen LogP contribution < -0.4 is 0 Å². The summed E-state index contributed by atoms with van der Waals surface area (Å²) in [5, 5.41) is 0. The lowest BCUT2D eigenvalue weighted by molar-refractivity contribution is -0.165. The summed E-state index contributed by atoms with van der Waals surface area (Å²) in [6.45, 7) is 10.6. The van der Waals surface area contributed by atoms with Crippen LogP contribution in [0.1, 0.15) is 207 Å². The molecule has 0 aliphatic heterocycles. The number of hydrogen-bond acceptors (Lipinski definition) is 3. The third-order valence-corrected chi connectivity index (χ3v) is 14.0. The van der Waals surface area contributed by atoms with Gasteiger partial charge in [-0.1, -0.05) is 104 Å². The second kappa shape index (κ2) is 20.3. The molecule has 0 bridgehead atoms. The summed E-state index contributed by atoms with van der Waals surface area (Å²) in [6, 6.07) is 0. The fourth-order valence-corrected chi connectivity index (χ4v) is 11.9. The zero-order valence-electron chi connectivity index (χ0n) is 31.4. The van der Waals surface area contributed by atoms with Crippen LogP contribution in [0.4, 0.5) is 0 Å². The maximum Gasteiger partial charge on any atom is 0.146 e. The number of Topliss-reactive ketones (excluding diaryl/α,β-unsaturated/α-hetero) is 1. The molecule has 268 valence electrons. The molecule has 2 atom stereocenters. The number of ketones is 1. The number of ether oxygens (including phenoxy) is 2. The molecule has 4 aliphatic rings. The molecule has 4 saturated carbocycles. The molecule has 2 unspecified atom stereocenters. The number of hydrogen-bond donors (Lipinski definition) is 0. The maximum atomic E-state index is 16.9. The van der Waals surface area contributed by atoms with Crippen LogP contribution in [0.3, 0.4) is 0 Å². The highest BCUT2D eigenvalue weighted by Crippen LogP contribution is 2.62. The summed E-state index contributed by atoms with van der Waals surface area (Å²) in [5.74, 6) is 3.13. The highest BCUT2D eigenvalue weighted by atomic mass is 16.5. The van der Waals surface area contributed by atoms with Crippen molar-refractivity contribution in [1.29, 1.82) is 0 Å². The van der Waals surface area contributed by atoms with Gasteiger partial charge in [0.2, 0.25) is 0 Å². The molecule has 0 aromatic rings. The van der Waals surface area contributed by atoms with Crippen molar-refractivity contribution < 1.29 is 14.3 Å². The highest BCUT2D eigenvalue weighted by Gasteiger charge is 2.61. The molecule has 0 heterocycles. The van der Waals surface area contributed by atoms with Gasteiger partial charge in [0.15, 0.2) is 0 Å². The Balaban J connectivity index is 1.87. The molecule has 0 N–H and O–H groups in total. The smallest absolute Gasteiger partial charge is 0.146 e. The Hall–Kier alpha value is -0.410. The third-order valence-electron chi connectivity index (χ3n) is 14.0. The van der Waals surface area contributed by atoms with E-state index >= 15 is 4.79 Å². The SMILES string of the molecule is CCCC(CCC(C(=O)C(CCC(CCC)OCC)(C1CCCCC1)C1CCCCC1)(C1CCCCC1)C1CCCCC1)OCC. The Morgan fingerprint density at radius 2 is 0.761 bits per heavy atom. The molecule has 0 spiro atoms. The first-order valence-corrected chi connectivity index (χ1v) is 21.3. The topological polar surface area (TPSA) is 35.5 Å². The molecule has 0 radical (unpaired) electrons. The minimum absolute atomic E-state index is 0.162. The van der Waals surface area contributed by atoms with Crippen LogP contribution in [0.5, 0.6) is 0 Å². The fourth-order valence-electron chi connectivity index (χ4n) is 11.9. The van der Waals surface area contributed by atoms with E-state index in [1.54, 1.807) is 0 Å². The highest BCUT2D eigenvalue weighted by molar-refractivity contribution is 5.92. The van der Waals surface area contributed by atoms with E-state index in [4.69, 9.17) is 9.47 Å². The molecule has 4 aliphatic carbocycles. The quantitative estimate of drug-likeness (QED) is 0.133. The van der Waals surface area contributed by atoms with E-state index in [1.807, 2.05) is 0 Å². The van der Waals surface area contributed by atoms with E-state index in [2.05, 4.69) is 27.7 Å². The van der Waals surface area contributed by atoms with Crippen molar-refractivity contribution in [3.05, 3.63) is 0 Å². The van der Waals surface area contributed by atoms with Crippen LogP contribution in [0, 0.1) is 34.5 Å². The lowest BCUT2D eigenvalue weighted by Gasteiger charge is -2.57. The molecule has 3 nitrogen and oxygen atoms in total. The summed E-state index contributed by atoms with van der Waals surface area (Å²) >= 11 is 0. The molecule has 3 heteroatoms. The van der Waals surface area contributed by atoms with Crippen LogP contribution in [-0.2, 0) is 14.3 Å². The van der Waals surface area contributed by atoms with Gasteiger partial charge in [0.05, 0.1) is 12.2 Å². The van der Waals surface area contributed by atoms with Gasteiger partial charge in [0, 0.05) is 24.0 Å². The minimum atomic E-state index is -0.162. The maximum absolute atomic E-state index is 16.9. The van der Waals surface area contributed by atoms with Gasteiger partial charge < -0.3 is 9.47 Å². The average molecular weight is 643 g/mol. The molecular formula is C43H78O3. The van der Waals surface area contributed by atoms with Gasteiger partial charge in [-0.15, -0.1) is 0 Å². The van der Waals surface area contributed by atoms with Crippen molar-refractivity contribution >= 4 is 5.78 Å². The Morgan fingerprint density at radius 3 is 1.00 bits per heavy atom. The first-order chi connectivity index (χ1) is 22.6. The lowest BCUT2D eigenvalue weighted by atomic mass is 9.45. The van der Waals surface area contributed by atoms with E-state index in [-0.39, 0.29) is 10.8 Å². The van der Waals surface area contributed by atoms with Crippen LogP contribution in [-0.4, -0.2) is 31.2 Å². The van der Waals surface area contributed by atoms with Crippen molar-refractivity contribution in [2.75, 3.05) is 13.2 Å². The van der Waals surface area contributed by atoms with Crippen molar-refractivity contribution in [1.82, 2.24) is 0 Å². The van der Waals surface area contributed by atoms with E-state index < -0.39 is 0 Å². The molecule has 0 aromatic heterocycles. The number of rotatable bonds is 20. The normalized spacial score (nSPS) is 23.4. The summed E-state index contributed by atoms with van der Waals surface area (Å²) in [4.78, 5) is 16.9. The van der Waals surface area contributed by atoms with Gasteiger partial charge in [-0.05, 0) is 127 Å². The van der Waals surface area contributed by atoms with Gasteiger partial charge in [-0.2, -0.15) is 0 Å². The van der Waals surface area contributed by atoms with Crippen molar-refractivity contribution in [3.8, 4) is 0 Å². The minimum Gasteiger partial charge on any atom is -0.379 e. The van der Waals surface area contributed by atoms with E-state index in [0.717, 1.165) is 57.5 Å². The Labute approximate surface area is 286 Å². The molecule has 4 fully saturated rings. The molecule has 0 amide bonds. The van der Waals surface area contributed by atoms with Gasteiger partial charge >= 0.3 is 0 Å². The molecular weight excluding hydrogens is 564 g/mol. The average Bonchev–Trinajstić information content (AvgIpc) is 3.11. The summed E-state index contributed by atoms with van der Waals surface area (Å²) < 4.78 is 12.9. The Morgan fingerprint density at radius 1 is 0.478 bits per heavy atom. The van der Waals surface area contributed by atoms with Crippen molar-refractivity contribution in [2.45, 2.75) is 220 Å². The summed E-state index contributed by atoms with van der Waals surface area (Å²) in [6.07, 6.45) is 36.0. The largest absolute Gasteiger partial charge is 0.379 e. The van der Waals surface area contributed by atoms with Gasteiger partial charge in [0.1, 0.15) is 5.78 Å². The molecule has 46 heavy (non-hydrogen) atoms. The van der Waals surface area contributed by atoms with Crippen LogP contribution in [0.25, 0.3) is 0 Å². The van der Waals surface area contributed by atoms with Gasteiger partial charge in [-0.3, -0.25) is 4.79 Å². The van der Waals surface area contributed by atoms with Crippen LogP contribution in [0.15, 0.2) is 0 Å². The second-order valence-corrected chi connectivity index (χ2v) is 16.6. The summed E-state index contributed by atoms with van der Waals surface area (Å²) in [5.41, 5.74) is -0.324. The standard InChI is InChI=1S/C43H78O3/c1-5-21-39(45-7-3)31-33-42(35-23-13-9-14-24-35,36-25-15-10-16-26-36)41(44)43(37-27-17-11-18-28-37,38-29-19-12-20-30-38)34-32-40(22-6-2)46-8-4/h35-40H,5-34H2,1-4H3. The predicted octanol–water partition coefficient (Wildman–Crippen LogP) is 12.8. The Kier molecular flexibility index (Phi) is 17.0. The van der Waals surface area contributed by atoms with Crippen LogP contribution in [0.2, 0.25) is 0 Å².